The van der Waals surface area contributed by atoms with E-state index in [4.69, 9.17) is 4.74 Å². The number of para-hydroxylation sites is 2. The third-order valence-corrected chi connectivity index (χ3v) is 5.32. The second kappa shape index (κ2) is 8.18. The molecule has 1 N–H and O–H groups in total. The van der Waals surface area contributed by atoms with E-state index in [1.165, 1.54) is 0 Å². The lowest BCUT2D eigenvalue weighted by atomic mass is 9.97. The first-order chi connectivity index (χ1) is 13.3. The van der Waals surface area contributed by atoms with Gasteiger partial charge in [-0.15, -0.1) is 11.3 Å². The summed E-state index contributed by atoms with van der Waals surface area (Å²) in [5.74, 6) is 1.17. The van der Waals surface area contributed by atoms with Crippen LogP contribution in [-0.4, -0.2) is 29.0 Å². The number of rotatable bonds is 5. The van der Waals surface area contributed by atoms with Gasteiger partial charge in [0, 0.05) is 30.9 Å². The highest BCUT2D eigenvalue weighted by atomic mass is 32.1. The van der Waals surface area contributed by atoms with E-state index in [1.54, 1.807) is 29.9 Å². The van der Waals surface area contributed by atoms with Crippen molar-refractivity contribution in [1.29, 1.82) is 0 Å². The number of benzene rings is 1. The van der Waals surface area contributed by atoms with Crippen LogP contribution in [0, 0.1) is 5.92 Å². The summed E-state index contributed by atoms with van der Waals surface area (Å²) in [5, 5.41) is 5.98. The molecule has 1 saturated heterocycles. The number of thiazole rings is 1. The number of pyridine rings is 1. The molecule has 0 aliphatic carbocycles. The first-order valence-electron chi connectivity index (χ1n) is 8.92. The van der Waals surface area contributed by atoms with Gasteiger partial charge in [0.2, 0.25) is 5.91 Å². The number of nitrogens with zero attached hydrogens (tertiary/aromatic N) is 3. The lowest BCUT2D eigenvalue weighted by Gasteiger charge is -2.31. The maximum Gasteiger partial charge on any atom is 0.229 e. The van der Waals surface area contributed by atoms with Crippen LogP contribution < -0.4 is 15.0 Å². The van der Waals surface area contributed by atoms with Crippen LogP contribution in [0.4, 0.5) is 10.8 Å². The lowest BCUT2D eigenvalue weighted by molar-refractivity contribution is -0.120. The van der Waals surface area contributed by atoms with Crippen LogP contribution in [-0.2, 0) is 4.79 Å². The summed E-state index contributed by atoms with van der Waals surface area (Å²) in [7, 11) is 0. The van der Waals surface area contributed by atoms with E-state index >= 15 is 0 Å². The molecule has 1 amide bonds. The number of aromatic nitrogens is 2. The van der Waals surface area contributed by atoms with Crippen molar-refractivity contribution in [2.24, 2.45) is 5.92 Å². The fraction of sp³-hybridized carbons (Fsp3) is 0.250. The highest BCUT2D eigenvalue weighted by Crippen LogP contribution is 2.30. The Morgan fingerprint density at radius 2 is 2.15 bits per heavy atom. The Bertz CT molecular complexity index is 886. The van der Waals surface area contributed by atoms with Crippen molar-refractivity contribution < 1.29 is 9.53 Å². The molecule has 1 aliphatic heterocycles. The third kappa shape index (κ3) is 4.25. The van der Waals surface area contributed by atoms with Crippen molar-refractivity contribution in [3.8, 4) is 11.5 Å². The summed E-state index contributed by atoms with van der Waals surface area (Å²) < 4.78 is 5.88. The summed E-state index contributed by atoms with van der Waals surface area (Å²) in [4.78, 5) is 23.5. The Kier molecular flexibility index (Phi) is 5.29. The average Bonchev–Trinajstić information content (AvgIpc) is 3.25. The topological polar surface area (TPSA) is 67.3 Å². The number of hydrogen-bond acceptors (Lipinski definition) is 6. The number of anilines is 2. The van der Waals surface area contributed by atoms with E-state index < -0.39 is 0 Å². The van der Waals surface area contributed by atoms with E-state index in [0.717, 1.165) is 24.5 Å². The normalized spacial score (nSPS) is 16.7. The third-order valence-electron chi connectivity index (χ3n) is 4.49. The molecule has 27 heavy (non-hydrogen) atoms. The molecule has 138 valence electrons. The quantitative estimate of drug-likeness (QED) is 0.719. The number of ether oxygens (including phenoxy) is 1. The Balaban J connectivity index is 1.45. The van der Waals surface area contributed by atoms with Crippen LogP contribution in [0.1, 0.15) is 12.8 Å². The van der Waals surface area contributed by atoms with Gasteiger partial charge in [0.1, 0.15) is 5.75 Å². The molecular formula is C20H20N4O2S. The number of hydrogen-bond donors (Lipinski definition) is 1. The minimum Gasteiger partial charge on any atom is -0.454 e. The Labute approximate surface area is 161 Å². The summed E-state index contributed by atoms with van der Waals surface area (Å²) >= 11 is 1.61. The van der Waals surface area contributed by atoms with E-state index in [0.29, 0.717) is 23.7 Å². The number of carbonyl (C=O) groups is 1. The number of piperidine rings is 1. The molecule has 0 unspecified atom stereocenters. The minimum absolute atomic E-state index is 0.0125. The van der Waals surface area contributed by atoms with Crippen molar-refractivity contribution in [1.82, 2.24) is 9.97 Å². The van der Waals surface area contributed by atoms with E-state index in [1.807, 2.05) is 41.8 Å². The SMILES string of the molecule is O=C(Nc1ccccc1Oc1cccnc1)[C@H]1CCCN(c2nccs2)C1. The van der Waals surface area contributed by atoms with Crippen LogP contribution in [0.25, 0.3) is 0 Å². The zero-order valence-electron chi connectivity index (χ0n) is 14.7. The van der Waals surface area contributed by atoms with Crippen molar-refractivity contribution >= 4 is 28.1 Å². The van der Waals surface area contributed by atoms with Gasteiger partial charge in [-0.25, -0.2) is 4.98 Å². The molecule has 1 aliphatic rings. The average molecular weight is 380 g/mol. The zero-order valence-corrected chi connectivity index (χ0v) is 15.6. The van der Waals surface area contributed by atoms with Crippen molar-refractivity contribution in [3.63, 3.8) is 0 Å². The first kappa shape index (κ1) is 17.5. The monoisotopic (exact) mass is 380 g/mol. The van der Waals surface area contributed by atoms with Crippen molar-refractivity contribution in [2.45, 2.75) is 12.8 Å². The molecule has 6 nitrogen and oxygen atoms in total. The van der Waals surface area contributed by atoms with Crippen molar-refractivity contribution in [2.75, 3.05) is 23.3 Å². The highest BCUT2D eigenvalue weighted by Gasteiger charge is 2.27. The molecule has 0 spiro atoms. The van der Waals surface area contributed by atoms with E-state index in [-0.39, 0.29) is 11.8 Å². The van der Waals surface area contributed by atoms with Gasteiger partial charge in [-0.1, -0.05) is 12.1 Å². The van der Waals surface area contributed by atoms with Gasteiger partial charge < -0.3 is 15.0 Å². The van der Waals surface area contributed by atoms with E-state index in [2.05, 4.69) is 20.2 Å². The molecule has 1 fully saturated rings. The molecule has 3 heterocycles. The second-order valence-corrected chi connectivity index (χ2v) is 7.25. The molecule has 4 rings (SSSR count). The number of amides is 1. The number of nitrogens with one attached hydrogen (secondary N) is 1. The molecule has 1 aromatic carbocycles. The molecule has 2 aromatic heterocycles. The Hall–Kier alpha value is -2.93. The van der Waals surface area contributed by atoms with Crippen molar-refractivity contribution in [3.05, 3.63) is 60.4 Å². The van der Waals surface area contributed by atoms with Gasteiger partial charge >= 0.3 is 0 Å². The summed E-state index contributed by atoms with van der Waals surface area (Å²) in [6, 6.07) is 11.1. The van der Waals surface area contributed by atoms with Crippen LogP contribution in [0.2, 0.25) is 0 Å². The molecule has 0 saturated carbocycles. The highest BCUT2D eigenvalue weighted by molar-refractivity contribution is 7.13. The molecule has 0 radical (unpaired) electrons. The lowest BCUT2D eigenvalue weighted by Crippen LogP contribution is -2.40. The number of carbonyl (C=O) groups excluding carboxylic acids is 1. The van der Waals surface area contributed by atoms with Gasteiger partial charge in [-0.2, -0.15) is 0 Å². The van der Waals surface area contributed by atoms with Gasteiger partial charge in [0.25, 0.3) is 0 Å². The van der Waals surface area contributed by atoms with Gasteiger partial charge in [0.05, 0.1) is 17.8 Å². The summed E-state index contributed by atoms with van der Waals surface area (Å²) in [6.45, 7) is 1.63. The maximum absolute atomic E-state index is 12.9. The standard InChI is InChI=1S/C20H20N4O2S/c25-19(15-5-4-11-24(14-15)20-22-10-12-27-20)23-17-7-1-2-8-18(17)26-16-6-3-9-21-13-16/h1-3,6-10,12-13,15H,4-5,11,14H2,(H,23,25)/t15-/m0/s1. The van der Waals surface area contributed by atoms with Crippen LogP contribution in [0.5, 0.6) is 11.5 Å². The van der Waals surface area contributed by atoms with Gasteiger partial charge in [-0.3, -0.25) is 9.78 Å². The predicted octanol–water partition coefficient (Wildman–Crippen LogP) is 4.19. The zero-order chi connectivity index (χ0) is 18.5. The van der Waals surface area contributed by atoms with Crippen LogP contribution in [0.15, 0.2) is 60.4 Å². The Morgan fingerprint density at radius 1 is 1.22 bits per heavy atom. The molecule has 7 heteroatoms. The smallest absolute Gasteiger partial charge is 0.229 e. The molecule has 3 aromatic rings. The molecular weight excluding hydrogens is 360 g/mol. The molecule has 1 atom stereocenters. The van der Waals surface area contributed by atoms with Crippen LogP contribution in [0.3, 0.4) is 0 Å². The predicted molar refractivity (Wildman–Crippen MR) is 106 cm³/mol. The van der Waals surface area contributed by atoms with E-state index in [9.17, 15) is 4.79 Å². The summed E-state index contributed by atoms with van der Waals surface area (Å²) in [6.07, 6.45) is 6.99. The fourth-order valence-corrected chi connectivity index (χ4v) is 3.85. The largest absolute Gasteiger partial charge is 0.454 e. The Morgan fingerprint density at radius 3 is 2.96 bits per heavy atom. The first-order valence-corrected chi connectivity index (χ1v) is 9.80. The molecule has 0 bridgehead atoms. The second-order valence-electron chi connectivity index (χ2n) is 6.38. The minimum atomic E-state index is -0.0749. The summed E-state index contributed by atoms with van der Waals surface area (Å²) in [5.41, 5.74) is 0.665. The van der Waals surface area contributed by atoms with Gasteiger partial charge in [-0.05, 0) is 37.1 Å². The van der Waals surface area contributed by atoms with Crippen LogP contribution >= 0.6 is 11.3 Å². The maximum atomic E-state index is 12.9. The fourth-order valence-electron chi connectivity index (χ4n) is 3.17. The van der Waals surface area contributed by atoms with Gasteiger partial charge in [0.15, 0.2) is 10.9 Å².